The Hall–Kier alpha value is -3.11. The topological polar surface area (TPSA) is 105 Å². The highest BCUT2D eigenvalue weighted by molar-refractivity contribution is 7.89. The summed E-state index contributed by atoms with van der Waals surface area (Å²) in [7, 11) is -0.623. The molecular formula is C27H33N3O6S. The highest BCUT2D eigenvalue weighted by Crippen LogP contribution is 2.40. The molecule has 1 unspecified atom stereocenters. The first-order valence-electron chi connectivity index (χ1n) is 12.7. The number of nitrogens with one attached hydrogen (secondary N) is 1. The average Bonchev–Trinajstić information content (AvgIpc) is 3.70. The molecule has 1 saturated carbocycles. The molecule has 2 aromatic rings. The number of piperidine rings is 1. The van der Waals surface area contributed by atoms with E-state index in [0.717, 1.165) is 24.1 Å². The summed E-state index contributed by atoms with van der Waals surface area (Å²) >= 11 is 0. The predicted molar refractivity (Wildman–Crippen MR) is 139 cm³/mol. The van der Waals surface area contributed by atoms with Crippen molar-refractivity contribution in [1.29, 1.82) is 0 Å². The molecule has 2 aromatic carbocycles. The molecule has 0 aromatic heterocycles. The SMILES string of the molecule is COc1ccc(NC(=O)C2CCN(S(=O)(=O)c3ccc4c(c3)CC(C)N4C(=O)C3CC3)CC2)c(OC)c1. The average molecular weight is 528 g/mol. The lowest BCUT2D eigenvalue weighted by Crippen LogP contribution is -2.41. The Kier molecular flexibility index (Phi) is 6.89. The van der Waals surface area contributed by atoms with Gasteiger partial charge in [0.1, 0.15) is 11.5 Å². The van der Waals surface area contributed by atoms with Gasteiger partial charge < -0.3 is 19.7 Å². The number of fused-ring (bicyclic) bond motifs is 1. The molecule has 5 rings (SSSR count). The van der Waals surface area contributed by atoms with Gasteiger partial charge in [0.2, 0.25) is 21.8 Å². The Balaban J connectivity index is 1.24. The highest BCUT2D eigenvalue weighted by Gasteiger charge is 2.40. The summed E-state index contributed by atoms with van der Waals surface area (Å²) in [5.41, 5.74) is 2.27. The number of benzene rings is 2. The lowest BCUT2D eigenvalue weighted by atomic mass is 9.97. The van der Waals surface area contributed by atoms with E-state index in [1.807, 2.05) is 11.8 Å². The molecule has 1 saturated heterocycles. The van der Waals surface area contributed by atoms with Crippen LogP contribution in [0.15, 0.2) is 41.3 Å². The maximum absolute atomic E-state index is 13.4. The number of ether oxygens (including phenoxy) is 2. The van der Waals surface area contributed by atoms with Gasteiger partial charge in [-0.15, -0.1) is 0 Å². The zero-order valence-corrected chi connectivity index (χ0v) is 22.2. The smallest absolute Gasteiger partial charge is 0.243 e. The van der Waals surface area contributed by atoms with Crippen molar-refractivity contribution >= 4 is 33.2 Å². The molecule has 2 heterocycles. The lowest BCUT2D eigenvalue weighted by Gasteiger charge is -2.30. The van der Waals surface area contributed by atoms with Crippen molar-refractivity contribution in [2.75, 3.05) is 37.5 Å². The second kappa shape index (κ2) is 9.98. The first-order chi connectivity index (χ1) is 17.7. The van der Waals surface area contributed by atoms with Crippen molar-refractivity contribution in [3.05, 3.63) is 42.0 Å². The number of hydrogen-bond acceptors (Lipinski definition) is 6. The number of rotatable bonds is 7. The standard InChI is InChI=1S/C27H33N3O6S/c1-17-14-20-15-22(7-9-24(20)30(17)27(32)19-4-5-19)37(33,34)29-12-10-18(11-13-29)26(31)28-23-8-6-21(35-2)16-25(23)36-3/h6-9,15-19H,4-5,10-14H2,1-3H3,(H,28,31). The third kappa shape index (κ3) is 4.92. The van der Waals surface area contributed by atoms with Crippen LogP contribution in [0.1, 0.15) is 38.2 Å². The van der Waals surface area contributed by atoms with Gasteiger partial charge >= 0.3 is 0 Å². The van der Waals surface area contributed by atoms with Crippen LogP contribution >= 0.6 is 0 Å². The van der Waals surface area contributed by atoms with Crippen LogP contribution in [0.4, 0.5) is 11.4 Å². The normalized spacial score (nSPS) is 20.4. The molecule has 3 aliphatic rings. The van der Waals surface area contributed by atoms with Crippen LogP contribution in [0.3, 0.4) is 0 Å². The van der Waals surface area contributed by atoms with Crippen molar-refractivity contribution in [3.63, 3.8) is 0 Å². The summed E-state index contributed by atoms with van der Waals surface area (Å²) in [4.78, 5) is 27.7. The second-order valence-electron chi connectivity index (χ2n) is 10.1. The maximum Gasteiger partial charge on any atom is 0.243 e. The molecule has 1 atom stereocenters. The molecule has 9 nitrogen and oxygen atoms in total. The molecule has 2 amide bonds. The predicted octanol–water partition coefficient (Wildman–Crippen LogP) is 3.43. The highest BCUT2D eigenvalue weighted by atomic mass is 32.2. The van der Waals surface area contributed by atoms with Gasteiger partial charge in [0.25, 0.3) is 0 Å². The maximum atomic E-state index is 13.4. The van der Waals surface area contributed by atoms with Crippen molar-refractivity contribution in [3.8, 4) is 11.5 Å². The fourth-order valence-electron chi connectivity index (χ4n) is 5.27. The van der Waals surface area contributed by atoms with Gasteiger partial charge in [-0.1, -0.05) is 0 Å². The van der Waals surface area contributed by atoms with Crippen molar-refractivity contribution in [1.82, 2.24) is 4.31 Å². The molecule has 198 valence electrons. The van der Waals surface area contributed by atoms with E-state index in [2.05, 4.69) is 5.32 Å². The van der Waals surface area contributed by atoms with Gasteiger partial charge in [0, 0.05) is 42.7 Å². The number of amides is 2. The van der Waals surface area contributed by atoms with Crippen LogP contribution < -0.4 is 19.7 Å². The van der Waals surface area contributed by atoms with Crippen LogP contribution in [-0.4, -0.2) is 57.9 Å². The summed E-state index contributed by atoms with van der Waals surface area (Å²) in [6.07, 6.45) is 3.37. The second-order valence-corrected chi connectivity index (χ2v) is 12.0. The zero-order valence-electron chi connectivity index (χ0n) is 21.4. The van der Waals surface area contributed by atoms with E-state index in [9.17, 15) is 18.0 Å². The Morgan fingerprint density at radius 2 is 1.68 bits per heavy atom. The molecular weight excluding hydrogens is 494 g/mol. The third-order valence-electron chi connectivity index (χ3n) is 7.56. The first-order valence-corrected chi connectivity index (χ1v) is 14.2. The molecule has 1 aliphatic carbocycles. The van der Waals surface area contributed by atoms with Gasteiger partial charge in [-0.3, -0.25) is 9.59 Å². The van der Waals surface area contributed by atoms with E-state index in [1.54, 1.807) is 43.5 Å². The lowest BCUT2D eigenvalue weighted by molar-refractivity contribution is -0.121. The zero-order chi connectivity index (χ0) is 26.3. The molecule has 2 fully saturated rings. The minimum atomic E-state index is -3.70. The van der Waals surface area contributed by atoms with Gasteiger partial charge in [-0.2, -0.15) is 4.31 Å². The number of methoxy groups -OCH3 is 2. The van der Waals surface area contributed by atoms with Crippen LogP contribution in [0.5, 0.6) is 11.5 Å². The Morgan fingerprint density at radius 1 is 0.946 bits per heavy atom. The largest absolute Gasteiger partial charge is 0.497 e. The number of anilines is 2. The third-order valence-corrected chi connectivity index (χ3v) is 9.45. The van der Waals surface area contributed by atoms with Gasteiger partial charge in [0.05, 0.1) is 24.8 Å². The molecule has 0 radical (unpaired) electrons. The molecule has 0 bridgehead atoms. The van der Waals surface area contributed by atoms with Crippen LogP contribution in [0.25, 0.3) is 0 Å². The van der Waals surface area contributed by atoms with Crippen LogP contribution in [0, 0.1) is 11.8 Å². The monoisotopic (exact) mass is 527 g/mol. The summed E-state index contributed by atoms with van der Waals surface area (Å²) in [6.45, 7) is 2.53. The number of carbonyl (C=O) groups is 2. The summed E-state index contributed by atoms with van der Waals surface area (Å²) < 4.78 is 38.9. The molecule has 2 aliphatic heterocycles. The fraction of sp³-hybridized carbons (Fsp3) is 0.481. The van der Waals surface area contributed by atoms with E-state index < -0.39 is 10.0 Å². The molecule has 10 heteroatoms. The van der Waals surface area contributed by atoms with E-state index in [1.165, 1.54) is 11.4 Å². The van der Waals surface area contributed by atoms with Gasteiger partial charge in [-0.05, 0) is 74.9 Å². The molecule has 1 N–H and O–H groups in total. The quantitative estimate of drug-likeness (QED) is 0.592. The summed E-state index contributed by atoms with van der Waals surface area (Å²) in [5.74, 6) is 0.914. The number of sulfonamides is 1. The Bertz CT molecular complexity index is 1320. The van der Waals surface area contributed by atoms with Crippen LogP contribution in [0.2, 0.25) is 0 Å². The Morgan fingerprint density at radius 3 is 2.32 bits per heavy atom. The van der Waals surface area contributed by atoms with Crippen molar-refractivity contribution in [2.24, 2.45) is 11.8 Å². The molecule has 37 heavy (non-hydrogen) atoms. The summed E-state index contributed by atoms with van der Waals surface area (Å²) in [6, 6.07) is 10.3. The Labute approximate surface area is 217 Å². The number of carbonyl (C=O) groups excluding carboxylic acids is 2. The minimum absolute atomic E-state index is 0.0274. The van der Waals surface area contributed by atoms with E-state index >= 15 is 0 Å². The van der Waals surface area contributed by atoms with Crippen LogP contribution in [-0.2, 0) is 26.0 Å². The van der Waals surface area contributed by atoms with Gasteiger partial charge in [-0.25, -0.2) is 8.42 Å². The molecule has 0 spiro atoms. The summed E-state index contributed by atoms with van der Waals surface area (Å²) in [5, 5.41) is 2.91. The van der Waals surface area contributed by atoms with Crippen molar-refractivity contribution < 1.29 is 27.5 Å². The van der Waals surface area contributed by atoms with Crippen molar-refractivity contribution in [2.45, 2.75) is 50.0 Å². The van der Waals surface area contributed by atoms with E-state index in [-0.39, 0.29) is 47.7 Å². The van der Waals surface area contributed by atoms with E-state index in [4.69, 9.17) is 9.47 Å². The number of nitrogens with zero attached hydrogens (tertiary/aromatic N) is 2. The van der Waals surface area contributed by atoms with Gasteiger partial charge in [0.15, 0.2) is 0 Å². The number of hydrogen-bond donors (Lipinski definition) is 1. The van der Waals surface area contributed by atoms with E-state index in [0.29, 0.717) is 36.4 Å². The first kappa shape index (κ1) is 25.5. The minimum Gasteiger partial charge on any atom is -0.497 e. The fourth-order valence-corrected chi connectivity index (χ4v) is 6.80.